The summed E-state index contributed by atoms with van der Waals surface area (Å²) in [5.74, 6) is 0.324. The van der Waals surface area contributed by atoms with Crippen molar-refractivity contribution in [2.45, 2.75) is 27.3 Å². The van der Waals surface area contributed by atoms with Crippen LogP contribution in [0, 0.1) is 11.8 Å². The van der Waals surface area contributed by atoms with E-state index in [2.05, 4.69) is 4.99 Å². The fourth-order valence-corrected chi connectivity index (χ4v) is 2.16. The molecule has 94 valence electrons. The van der Waals surface area contributed by atoms with Gasteiger partial charge in [0.05, 0.1) is 6.54 Å². The molecule has 0 fully saturated rings. The number of benzene rings is 1. The zero-order valence-corrected chi connectivity index (χ0v) is 11.3. The minimum absolute atomic E-state index is 0.0181. The average molecular weight is 253 g/mol. The molecule has 4 heteroatoms. The molecule has 0 radical (unpaired) electrons. The third-order valence-electron chi connectivity index (χ3n) is 2.83. The first-order valence-electron chi connectivity index (χ1n) is 5.71. The van der Waals surface area contributed by atoms with Crippen molar-refractivity contribution in [3.05, 3.63) is 35.9 Å². The van der Waals surface area contributed by atoms with Crippen LogP contribution in [0.5, 0.6) is 0 Å². The molecule has 17 heavy (non-hydrogen) atoms. The lowest BCUT2D eigenvalue weighted by Gasteiger charge is -2.15. The summed E-state index contributed by atoms with van der Waals surface area (Å²) in [5.41, 5.74) is 1.05. The molecule has 0 aromatic heterocycles. The molecule has 0 aliphatic rings. The van der Waals surface area contributed by atoms with Gasteiger partial charge in [0.1, 0.15) is 5.04 Å². The summed E-state index contributed by atoms with van der Waals surface area (Å²) in [4.78, 5) is 4.28. The number of rotatable bonds is 4. The van der Waals surface area contributed by atoms with E-state index in [1.165, 1.54) is 0 Å². The molecule has 1 aromatic carbocycles. The second-order valence-corrected chi connectivity index (χ2v) is 5.34. The summed E-state index contributed by atoms with van der Waals surface area (Å²) in [6.07, 6.45) is 0. The molecule has 1 rings (SSSR count). The third kappa shape index (κ3) is 4.40. The van der Waals surface area contributed by atoms with Gasteiger partial charge in [-0.25, -0.2) is 4.21 Å². The van der Waals surface area contributed by atoms with E-state index in [1.807, 2.05) is 51.1 Å². The van der Waals surface area contributed by atoms with E-state index in [1.54, 1.807) is 0 Å². The predicted molar refractivity (Wildman–Crippen MR) is 72.4 cm³/mol. The second-order valence-electron chi connectivity index (χ2n) is 4.42. The Kier molecular flexibility index (Phi) is 5.51. The Bertz CT molecular complexity index is 401. The molecule has 2 atom stereocenters. The molecule has 0 saturated carbocycles. The highest BCUT2D eigenvalue weighted by atomic mass is 32.2. The summed E-state index contributed by atoms with van der Waals surface area (Å²) >= 11 is -1.98. The van der Waals surface area contributed by atoms with E-state index in [9.17, 15) is 8.76 Å². The maximum atomic E-state index is 11.2. The molecule has 0 aliphatic carbocycles. The van der Waals surface area contributed by atoms with Crippen molar-refractivity contribution in [1.29, 1.82) is 0 Å². The number of hydrogen-bond acceptors (Lipinski definition) is 2. The van der Waals surface area contributed by atoms with Gasteiger partial charge in [-0.05, 0) is 11.5 Å². The molecular weight excluding hydrogens is 234 g/mol. The van der Waals surface area contributed by atoms with E-state index in [4.69, 9.17) is 0 Å². The van der Waals surface area contributed by atoms with Crippen LogP contribution in [0.15, 0.2) is 35.3 Å². The largest absolute Gasteiger partial charge is 0.301 e. The van der Waals surface area contributed by atoms with E-state index in [0.717, 1.165) is 5.56 Å². The van der Waals surface area contributed by atoms with Gasteiger partial charge >= 0.3 is 0 Å². The quantitative estimate of drug-likeness (QED) is 0.509. The van der Waals surface area contributed by atoms with Crippen LogP contribution in [0.4, 0.5) is 0 Å². The predicted octanol–water partition coefficient (Wildman–Crippen LogP) is 3.10. The van der Waals surface area contributed by atoms with Gasteiger partial charge in [-0.15, -0.1) is 0 Å². The molecule has 0 bridgehead atoms. The fraction of sp³-hybridized carbons (Fsp3) is 0.462. The summed E-state index contributed by atoms with van der Waals surface area (Å²) < 4.78 is 20.5. The molecule has 2 unspecified atom stereocenters. The third-order valence-corrected chi connectivity index (χ3v) is 3.69. The Morgan fingerprint density at radius 1 is 1.29 bits per heavy atom. The zero-order chi connectivity index (χ0) is 12.8. The van der Waals surface area contributed by atoms with Crippen LogP contribution in [0.1, 0.15) is 26.3 Å². The lowest BCUT2D eigenvalue weighted by atomic mass is 9.99. The Balaban J connectivity index is 2.82. The normalized spacial score (nSPS) is 15.9. The molecule has 3 nitrogen and oxygen atoms in total. The van der Waals surface area contributed by atoms with E-state index in [-0.39, 0.29) is 5.92 Å². The van der Waals surface area contributed by atoms with Crippen molar-refractivity contribution >= 4 is 16.1 Å². The smallest absolute Gasteiger partial charge is 0.201 e. The molecule has 1 aromatic rings. The maximum absolute atomic E-state index is 11.2. The SMILES string of the molecule is CC(C)C(C)C(=NCc1ccccc1)S(=O)O. The highest BCUT2D eigenvalue weighted by Gasteiger charge is 2.19. The van der Waals surface area contributed by atoms with Gasteiger partial charge in [-0.3, -0.25) is 4.99 Å². The van der Waals surface area contributed by atoms with Crippen LogP contribution in [-0.4, -0.2) is 13.8 Å². The van der Waals surface area contributed by atoms with Crippen LogP contribution in [0.25, 0.3) is 0 Å². The molecule has 1 N–H and O–H groups in total. The monoisotopic (exact) mass is 253 g/mol. The summed E-state index contributed by atoms with van der Waals surface area (Å²) in [5, 5.41) is 0.379. The Morgan fingerprint density at radius 2 is 1.88 bits per heavy atom. The van der Waals surface area contributed by atoms with E-state index >= 15 is 0 Å². The Hall–Kier alpha value is -1.00. The molecule has 0 spiro atoms. The summed E-state index contributed by atoms with van der Waals surface area (Å²) in [6.45, 7) is 6.44. The maximum Gasteiger partial charge on any atom is 0.201 e. The highest BCUT2D eigenvalue weighted by molar-refractivity contribution is 7.95. The fourth-order valence-electron chi connectivity index (χ4n) is 1.40. The van der Waals surface area contributed by atoms with E-state index < -0.39 is 11.1 Å². The van der Waals surface area contributed by atoms with Gasteiger partial charge in [-0.2, -0.15) is 0 Å². The minimum atomic E-state index is -1.98. The Labute approximate surface area is 105 Å². The van der Waals surface area contributed by atoms with Crippen molar-refractivity contribution in [3.63, 3.8) is 0 Å². The zero-order valence-electron chi connectivity index (χ0n) is 10.5. The highest BCUT2D eigenvalue weighted by Crippen LogP contribution is 2.15. The van der Waals surface area contributed by atoms with Gasteiger partial charge in [0, 0.05) is 5.92 Å². The van der Waals surface area contributed by atoms with Crippen molar-refractivity contribution < 1.29 is 8.76 Å². The number of aliphatic imine (C=N–C) groups is 1. The van der Waals surface area contributed by atoms with Gasteiger partial charge in [0.2, 0.25) is 11.1 Å². The van der Waals surface area contributed by atoms with Crippen molar-refractivity contribution in [1.82, 2.24) is 0 Å². The van der Waals surface area contributed by atoms with Crippen LogP contribution in [0.3, 0.4) is 0 Å². The van der Waals surface area contributed by atoms with Crippen LogP contribution in [-0.2, 0) is 17.6 Å². The second kappa shape index (κ2) is 6.67. The standard InChI is InChI=1S/C13H19NO2S/c1-10(2)11(3)13(17(15)16)14-9-12-7-5-4-6-8-12/h4-8,10-11H,9H2,1-3H3,(H,15,16). The molecular formula is C13H19NO2S. The van der Waals surface area contributed by atoms with Crippen molar-refractivity contribution in [3.8, 4) is 0 Å². The van der Waals surface area contributed by atoms with Crippen molar-refractivity contribution in [2.24, 2.45) is 16.8 Å². The average Bonchev–Trinajstić information content (AvgIpc) is 2.29. The Morgan fingerprint density at radius 3 is 2.35 bits per heavy atom. The van der Waals surface area contributed by atoms with Gasteiger partial charge in [-0.1, -0.05) is 51.1 Å². The van der Waals surface area contributed by atoms with Gasteiger partial charge in [0.25, 0.3) is 0 Å². The number of nitrogens with zero attached hydrogens (tertiary/aromatic N) is 1. The molecule has 0 saturated heterocycles. The van der Waals surface area contributed by atoms with Crippen molar-refractivity contribution in [2.75, 3.05) is 0 Å². The lowest BCUT2D eigenvalue weighted by molar-refractivity contribution is 0.525. The summed E-state index contributed by atoms with van der Waals surface area (Å²) in [7, 11) is 0. The summed E-state index contributed by atoms with van der Waals surface area (Å²) in [6, 6.07) is 9.73. The molecule has 0 amide bonds. The van der Waals surface area contributed by atoms with E-state index in [0.29, 0.717) is 17.5 Å². The van der Waals surface area contributed by atoms with Crippen LogP contribution < -0.4 is 0 Å². The first-order chi connectivity index (χ1) is 8.02. The number of hydrogen-bond donors (Lipinski definition) is 1. The van der Waals surface area contributed by atoms with Crippen LogP contribution in [0.2, 0.25) is 0 Å². The van der Waals surface area contributed by atoms with Crippen LogP contribution >= 0.6 is 0 Å². The molecule has 0 heterocycles. The van der Waals surface area contributed by atoms with Gasteiger partial charge < -0.3 is 4.55 Å². The topological polar surface area (TPSA) is 49.7 Å². The first-order valence-corrected chi connectivity index (χ1v) is 6.82. The minimum Gasteiger partial charge on any atom is -0.301 e. The van der Waals surface area contributed by atoms with Gasteiger partial charge in [0.15, 0.2) is 0 Å². The molecule has 0 aliphatic heterocycles. The first kappa shape index (κ1) is 14.1. The lowest BCUT2D eigenvalue weighted by Crippen LogP contribution is -2.21.